The Morgan fingerprint density at radius 1 is 1.16 bits per heavy atom. The molecule has 0 aliphatic heterocycles. The van der Waals surface area contributed by atoms with E-state index in [1.165, 1.54) is 11.8 Å². The molecule has 25 heavy (non-hydrogen) atoms. The average molecular weight is 379 g/mol. The van der Waals surface area contributed by atoms with Gasteiger partial charge in [0.05, 0.1) is 0 Å². The number of nitrogens with one attached hydrogen (secondary N) is 1. The first-order chi connectivity index (χ1) is 11.5. The lowest BCUT2D eigenvalue weighted by molar-refractivity contribution is -0.119. The SMILES string of the molecule is Cc1cc(C)nc(Sc2ccc(NC(=O)C3CCC(N)C3)cc2)n1.Cl. The zero-order valence-electron chi connectivity index (χ0n) is 14.4. The van der Waals surface area contributed by atoms with E-state index in [2.05, 4.69) is 15.3 Å². The third-order valence-corrected chi connectivity index (χ3v) is 5.01. The van der Waals surface area contributed by atoms with E-state index in [0.717, 1.165) is 46.4 Å². The van der Waals surface area contributed by atoms with Crippen molar-refractivity contribution < 1.29 is 4.79 Å². The van der Waals surface area contributed by atoms with Crippen LogP contribution in [0.3, 0.4) is 0 Å². The standard InChI is InChI=1S/C18H22N4OS.ClH/c1-11-9-12(2)21-18(20-11)24-16-7-5-15(6-8-16)22-17(23)13-3-4-14(19)10-13;/h5-9,13-14H,3-4,10,19H2,1-2H3,(H,22,23);1H. The van der Waals surface area contributed by atoms with Crippen LogP contribution in [0.4, 0.5) is 5.69 Å². The number of benzene rings is 1. The molecule has 3 rings (SSSR count). The molecule has 3 N–H and O–H groups in total. The van der Waals surface area contributed by atoms with E-state index in [1.54, 1.807) is 0 Å². The Balaban J connectivity index is 0.00000225. The molecule has 2 atom stereocenters. The molecule has 2 unspecified atom stereocenters. The number of carbonyl (C=O) groups excluding carboxylic acids is 1. The number of halogens is 1. The summed E-state index contributed by atoms with van der Waals surface area (Å²) in [6.07, 6.45) is 2.60. The molecule has 0 radical (unpaired) electrons. The summed E-state index contributed by atoms with van der Waals surface area (Å²) in [5, 5.41) is 3.72. The summed E-state index contributed by atoms with van der Waals surface area (Å²) in [4.78, 5) is 22.1. The first kappa shape index (κ1) is 19.7. The van der Waals surface area contributed by atoms with Crippen molar-refractivity contribution in [1.29, 1.82) is 0 Å². The maximum atomic E-state index is 12.2. The molecule has 5 nitrogen and oxygen atoms in total. The van der Waals surface area contributed by atoms with Crippen LogP contribution in [0.1, 0.15) is 30.7 Å². The van der Waals surface area contributed by atoms with Crippen LogP contribution in [0.15, 0.2) is 40.4 Å². The average Bonchev–Trinajstić information content (AvgIpc) is 2.95. The predicted molar refractivity (Wildman–Crippen MR) is 103 cm³/mol. The second-order valence-electron chi connectivity index (χ2n) is 6.32. The van der Waals surface area contributed by atoms with E-state index in [4.69, 9.17) is 5.73 Å². The van der Waals surface area contributed by atoms with Crippen molar-refractivity contribution in [3.05, 3.63) is 41.7 Å². The van der Waals surface area contributed by atoms with Crippen LogP contribution in [0.25, 0.3) is 0 Å². The molecule has 1 aliphatic carbocycles. The maximum absolute atomic E-state index is 12.2. The van der Waals surface area contributed by atoms with E-state index >= 15 is 0 Å². The summed E-state index contributed by atoms with van der Waals surface area (Å²) >= 11 is 1.52. The molecule has 1 amide bonds. The fourth-order valence-corrected chi connectivity index (χ4v) is 3.81. The molecular weight excluding hydrogens is 356 g/mol. The van der Waals surface area contributed by atoms with Gasteiger partial charge in [-0.1, -0.05) is 0 Å². The highest BCUT2D eigenvalue weighted by molar-refractivity contribution is 7.99. The highest BCUT2D eigenvalue weighted by Crippen LogP contribution is 2.28. The number of aryl methyl sites for hydroxylation is 2. The largest absolute Gasteiger partial charge is 0.328 e. The predicted octanol–water partition coefficient (Wildman–Crippen LogP) is 3.73. The van der Waals surface area contributed by atoms with Crippen molar-refractivity contribution in [1.82, 2.24) is 9.97 Å². The van der Waals surface area contributed by atoms with E-state index in [1.807, 2.05) is 44.2 Å². The van der Waals surface area contributed by atoms with Crippen molar-refractivity contribution in [3.63, 3.8) is 0 Å². The van der Waals surface area contributed by atoms with Crippen molar-refractivity contribution in [3.8, 4) is 0 Å². The molecule has 0 spiro atoms. The van der Waals surface area contributed by atoms with Gasteiger partial charge in [-0.15, -0.1) is 12.4 Å². The Morgan fingerprint density at radius 3 is 2.36 bits per heavy atom. The Bertz CT molecular complexity index is 718. The first-order valence-electron chi connectivity index (χ1n) is 8.16. The molecule has 1 heterocycles. The third kappa shape index (κ3) is 5.42. The summed E-state index contributed by atoms with van der Waals surface area (Å²) in [6.45, 7) is 3.93. The maximum Gasteiger partial charge on any atom is 0.227 e. The van der Waals surface area contributed by atoms with Crippen molar-refractivity contribution in [2.24, 2.45) is 11.7 Å². The van der Waals surface area contributed by atoms with Gasteiger partial charge in [0.15, 0.2) is 5.16 Å². The number of carbonyl (C=O) groups is 1. The highest BCUT2D eigenvalue weighted by atomic mass is 35.5. The summed E-state index contributed by atoms with van der Waals surface area (Å²) in [6, 6.07) is 9.90. The topological polar surface area (TPSA) is 80.9 Å². The van der Waals surface area contributed by atoms with E-state index in [0.29, 0.717) is 0 Å². The summed E-state index contributed by atoms with van der Waals surface area (Å²) in [5.41, 5.74) is 8.61. The van der Waals surface area contributed by atoms with Gasteiger partial charge in [-0.05, 0) is 75.2 Å². The van der Waals surface area contributed by atoms with Crippen LogP contribution < -0.4 is 11.1 Å². The summed E-state index contributed by atoms with van der Waals surface area (Å²) in [7, 11) is 0. The second kappa shape index (κ2) is 8.65. The fourth-order valence-electron chi connectivity index (χ4n) is 2.95. The van der Waals surface area contributed by atoms with Crippen LogP contribution in [0.2, 0.25) is 0 Å². The normalized spacial score (nSPS) is 19.3. The Labute approximate surface area is 158 Å². The van der Waals surface area contributed by atoms with Gasteiger partial charge in [0.25, 0.3) is 0 Å². The molecule has 134 valence electrons. The quantitative estimate of drug-likeness (QED) is 0.792. The van der Waals surface area contributed by atoms with Crippen LogP contribution in [0.5, 0.6) is 0 Å². The van der Waals surface area contributed by atoms with Crippen LogP contribution >= 0.6 is 24.2 Å². The minimum Gasteiger partial charge on any atom is -0.328 e. The molecule has 1 aliphatic rings. The molecular formula is C18H23ClN4OS. The lowest BCUT2D eigenvalue weighted by Crippen LogP contribution is -2.23. The molecule has 1 aromatic heterocycles. The molecule has 0 saturated heterocycles. The number of hydrogen-bond acceptors (Lipinski definition) is 5. The number of rotatable bonds is 4. The summed E-state index contributed by atoms with van der Waals surface area (Å²) < 4.78 is 0. The molecule has 2 aromatic rings. The van der Waals surface area contributed by atoms with Gasteiger partial charge in [0.1, 0.15) is 0 Å². The highest BCUT2D eigenvalue weighted by Gasteiger charge is 2.27. The molecule has 7 heteroatoms. The smallest absolute Gasteiger partial charge is 0.227 e. The van der Waals surface area contributed by atoms with Gasteiger partial charge < -0.3 is 11.1 Å². The number of nitrogens with two attached hydrogens (primary N) is 1. The number of nitrogens with zero attached hydrogens (tertiary/aromatic N) is 2. The Hall–Kier alpha value is -1.63. The van der Waals surface area contributed by atoms with Crippen LogP contribution in [-0.4, -0.2) is 21.9 Å². The number of amides is 1. The zero-order chi connectivity index (χ0) is 17.1. The van der Waals surface area contributed by atoms with Crippen LogP contribution in [0, 0.1) is 19.8 Å². The minimum atomic E-state index is 0. The lowest BCUT2D eigenvalue weighted by Gasteiger charge is -2.11. The Morgan fingerprint density at radius 2 is 1.80 bits per heavy atom. The first-order valence-corrected chi connectivity index (χ1v) is 8.98. The van der Waals surface area contributed by atoms with Gasteiger partial charge in [-0.3, -0.25) is 4.79 Å². The lowest BCUT2D eigenvalue weighted by atomic mass is 10.1. The van der Waals surface area contributed by atoms with E-state index < -0.39 is 0 Å². The number of hydrogen-bond donors (Lipinski definition) is 2. The van der Waals surface area contributed by atoms with Gasteiger partial charge in [-0.2, -0.15) is 0 Å². The van der Waals surface area contributed by atoms with Crippen molar-refractivity contribution in [2.45, 2.75) is 49.2 Å². The van der Waals surface area contributed by atoms with Crippen molar-refractivity contribution >= 4 is 35.8 Å². The zero-order valence-corrected chi connectivity index (χ0v) is 16.0. The molecule has 1 aromatic carbocycles. The monoisotopic (exact) mass is 378 g/mol. The Kier molecular flexibility index (Phi) is 6.81. The minimum absolute atomic E-state index is 0. The molecule has 0 bridgehead atoms. The number of anilines is 1. The summed E-state index contributed by atoms with van der Waals surface area (Å²) in [5.74, 6) is 0.110. The molecule has 1 fully saturated rings. The van der Waals surface area contributed by atoms with Gasteiger partial charge in [-0.25, -0.2) is 9.97 Å². The fraction of sp³-hybridized carbons (Fsp3) is 0.389. The van der Waals surface area contributed by atoms with Gasteiger partial charge >= 0.3 is 0 Å². The van der Waals surface area contributed by atoms with E-state index in [-0.39, 0.29) is 30.3 Å². The van der Waals surface area contributed by atoms with Gasteiger partial charge in [0.2, 0.25) is 5.91 Å². The van der Waals surface area contributed by atoms with E-state index in [9.17, 15) is 4.79 Å². The van der Waals surface area contributed by atoms with Crippen LogP contribution in [-0.2, 0) is 4.79 Å². The number of aromatic nitrogens is 2. The van der Waals surface area contributed by atoms with Crippen molar-refractivity contribution in [2.75, 3.05) is 5.32 Å². The molecule has 1 saturated carbocycles. The third-order valence-electron chi connectivity index (χ3n) is 4.14. The van der Waals surface area contributed by atoms with Gasteiger partial charge in [0, 0.05) is 33.9 Å². The second-order valence-corrected chi connectivity index (χ2v) is 7.36.